The Morgan fingerprint density at radius 1 is 1.46 bits per heavy atom. The van der Waals surface area contributed by atoms with Crippen LogP contribution in [0.5, 0.6) is 0 Å². The van der Waals surface area contributed by atoms with Crippen LogP contribution in [0.3, 0.4) is 0 Å². The van der Waals surface area contributed by atoms with Crippen molar-refractivity contribution in [2.24, 2.45) is 7.05 Å². The van der Waals surface area contributed by atoms with Gasteiger partial charge in [-0.3, -0.25) is 19.6 Å². The minimum absolute atomic E-state index is 0.0536. The largest absolute Gasteiger partial charge is 0.353 e. The highest BCUT2D eigenvalue weighted by molar-refractivity contribution is 5.76. The Morgan fingerprint density at radius 2 is 2.29 bits per heavy atom. The Labute approximate surface area is 139 Å². The third-order valence-corrected chi connectivity index (χ3v) is 4.53. The maximum Gasteiger partial charge on any atom is 0.306 e. The van der Waals surface area contributed by atoms with E-state index in [1.54, 1.807) is 0 Å². The second kappa shape index (κ2) is 6.86. The number of piperidine rings is 1. The van der Waals surface area contributed by atoms with Crippen molar-refractivity contribution in [3.63, 3.8) is 0 Å². The Hall–Kier alpha value is -2.64. The highest BCUT2D eigenvalue weighted by Gasteiger charge is 2.29. The monoisotopic (exact) mass is 331 g/mol. The molecular formula is C16H21N5O3. The van der Waals surface area contributed by atoms with Crippen LogP contribution in [-0.4, -0.2) is 36.6 Å². The highest BCUT2D eigenvalue weighted by atomic mass is 16.6. The maximum absolute atomic E-state index is 12.7. The maximum atomic E-state index is 12.7. The van der Waals surface area contributed by atoms with Crippen molar-refractivity contribution in [2.75, 3.05) is 6.54 Å². The molecule has 2 aromatic heterocycles. The number of hydrogen-bond acceptors (Lipinski definition) is 4. The zero-order chi connectivity index (χ0) is 17.1. The molecule has 1 atom stereocenters. The van der Waals surface area contributed by atoms with Crippen LogP contribution in [0.4, 0.5) is 5.69 Å². The van der Waals surface area contributed by atoms with Crippen molar-refractivity contribution in [2.45, 2.75) is 38.3 Å². The van der Waals surface area contributed by atoms with Gasteiger partial charge in [-0.05, 0) is 31.4 Å². The van der Waals surface area contributed by atoms with Crippen LogP contribution in [0, 0.1) is 10.1 Å². The fourth-order valence-corrected chi connectivity index (χ4v) is 3.28. The molecule has 0 bridgehead atoms. The summed E-state index contributed by atoms with van der Waals surface area (Å²) < 4.78 is 3.52. The van der Waals surface area contributed by atoms with Crippen LogP contribution >= 0.6 is 0 Å². The average Bonchev–Trinajstić information content (AvgIpc) is 3.21. The van der Waals surface area contributed by atoms with Crippen molar-refractivity contribution < 1.29 is 9.72 Å². The molecule has 0 spiro atoms. The number of aryl methyl sites for hydroxylation is 2. The van der Waals surface area contributed by atoms with E-state index < -0.39 is 4.92 Å². The average molecular weight is 331 g/mol. The van der Waals surface area contributed by atoms with Gasteiger partial charge >= 0.3 is 5.69 Å². The SMILES string of the molecule is Cn1cccc1C1CCCCN1C(=O)CCn1cc([N+](=O)[O-])cn1. The van der Waals surface area contributed by atoms with Gasteiger partial charge in [-0.1, -0.05) is 0 Å². The van der Waals surface area contributed by atoms with Gasteiger partial charge in [0.2, 0.25) is 5.91 Å². The second-order valence-electron chi connectivity index (χ2n) is 6.11. The number of carbonyl (C=O) groups is 1. The molecule has 1 aliphatic heterocycles. The number of aromatic nitrogens is 3. The van der Waals surface area contributed by atoms with E-state index in [9.17, 15) is 14.9 Å². The molecule has 0 aliphatic carbocycles. The lowest BCUT2D eigenvalue weighted by atomic mass is 9.98. The molecule has 1 saturated heterocycles. The molecule has 24 heavy (non-hydrogen) atoms. The Morgan fingerprint density at radius 3 is 2.96 bits per heavy atom. The van der Waals surface area contributed by atoms with Crippen LogP contribution in [0.2, 0.25) is 0 Å². The van der Waals surface area contributed by atoms with Crippen molar-refractivity contribution in [1.29, 1.82) is 0 Å². The molecule has 8 heteroatoms. The van der Waals surface area contributed by atoms with E-state index in [4.69, 9.17) is 0 Å². The molecule has 2 aromatic rings. The third kappa shape index (κ3) is 3.32. The molecular weight excluding hydrogens is 310 g/mol. The van der Waals surface area contributed by atoms with Crippen LogP contribution in [0.15, 0.2) is 30.7 Å². The van der Waals surface area contributed by atoms with E-state index in [0.29, 0.717) is 13.0 Å². The summed E-state index contributed by atoms with van der Waals surface area (Å²) >= 11 is 0. The van der Waals surface area contributed by atoms with Gasteiger partial charge < -0.3 is 9.47 Å². The quantitative estimate of drug-likeness (QED) is 0.621. The molecule has 0 aromatic carbocycles. The Kier molecular flexibility index (Phi) is 4.64. The fraction of sp³-hybridized carbons (Fsp3) is 0.500. The van der Waals surface area contributed by atoms with E-state index >= 15 is 0 Å². The summed E-state index contributed by atoms with van der Waals surface area (Å²) in [6.45, 7) is 1.11. The Bertz CT molecular complexity index is 736. The predicted molar refractivity (Wildman–Crippen MR) is 87.2 cm³/mol. The molecule has 0 saturated carbocycles. The standard InChI is InChI=1S/C16H21N5O3/c1-18-8-4-6-14(18)15-5-2-3-9-20(15)16(22)7-10-19-12-13(11-17-19)21(23)24/h4,6,8,11-12,15H,2-3,5,7,9-10H2,1H3. The third-order valence-electron chi connectivity index (χ3n) is 4.53. The van der Waals surface area contributed by atoms with Gasteiger partial charge in [0.25, 0.3) is 0 Å². The minimum atomic E-state index is -0.485. The summed E-state index contributed by atoms with van der Waals surface area (Å²) in [5, 5.41) is 14.6. The van der Waals surface area contributed by atoms with Crippen LogP contribution < -0.4 is 0 Å². The van der Waals surface area contributed by atoms with Gasteiger partial charge in [-0.25, -0.2) is 0 Å². The smallest absolute Gasteiger partial charge is 0.306 e. The van der Waals surface area contributed by atoms with E-state index in [1.807, 2.05) is 24.2 Å². The lowest BCUT2D eigenvalue weighted by Crippen LogP contribution is -2.39. The van der Waals surface area contributed by atoms with Gasteiger partial charge in [0.15, 0.2) is 0 Å². The van der Waals surface area contributed by atoms with Gasteiger partial charge in [-0.15, -0.1) is 0 Å². The first-order chi connectivity index (χ1) is 11.6. The molecule has 1 aliphatic rings. The van der Waals surface area contributed by atoms with E-state index in [1.165, 1.54) is 17.1 Å². The highest BCUT2D eigenvalue weighted by Crippen LogP contribution is 2.31. The topological polar surface area (TPSA) is 86.2 Å². The summed E-state index contributed by atoms with van der Waals surface area (Å²) in [6, 6.07) is 4.17. The van der Waals surface area contributed by atoms with Crippen molar-refractivity contribution in [3.05, 3.63) is 46.5 Å². The number of nitrogens with zero attached hydrogens (tertiary/aromatic N) is 5. The molecule has 3 rings (SSSR count). The molecule has 8 nitrogen and oxygen atoms in total. The van der Waals surface area contributed by atoms with E-state index in [2.05, 4.69) is 15.7 Å². The molecule has 128 valence electrons. The minimum Gasteiger partial charge on any atom is -0.353 e. The molecule has 0 radical (unpaired) electrons. The number of carbonyl (C=O) groups excluding carboxylic acids is 1. The number of amides is 1. The normalized spacial score (nSPS) is 17.9. The lowest BCUT2D eigenvalue weighted by molar-refractivity contribution is -0.385. The van der Waals surface area contributed by atoms with Crippen molar-refractivity contribution >= 4 is 11.6 Å². The molecule has 1 unspecified atom stereocenters. The number of likely N-dealkylation sites (tertiary alicyclic amines) is 1. The molecule has 3 heterocycles. The van der Waals surface area contributed by atoms with Crippen molar-refractivity contribution in [3.8, 4) is 0 Å². The molecule has 1 fully saturated rings. The van der Waals surface area contributed by atoms with E-state index in [0.717, 1.165) is 31.5 Å². The number of nitro groups is 1. The Balaban J connectivity index is 1.65. The first kappa shape index (κ1) is 16.2. The van der Waals surface area contributed by atoms with Crippen LogP contribution in [0.1, 0.15) is 37.4 Å². The van der Waals surface area contributed by atoms with Crippen LogP contribution in [-0.2, 0) is 18.4 Å². The zero-order valence-corrected chi connectivity index (χ0v) is 13.7. The number of hydrogen-bond donors (Lipinski definition) is 0. The lowest BCUT2D eigenvalue weighted by Gasteiger charge is -2.36. The number of rotatable bonds is 5. The first-order valence-electron chi connectivity index (χ1n) is 8.14. The summed E-state index contributed by atoms with van der Waals surface area (Å²) in [7, 11) is 2.00. The van der Waals surface area contributed by atoms with Gasteiger partial charge in [-0.2, -0.15) is 5.10 Å². The summed E-state index contributed by atoms with van der Waals surface area (Å²) in [5.74, 6) is 0.0686. The fourth-order valence-electron chi connectivity index (χ4n) is 3.28. The summed E-state index contributed by atoms with van der Waals surface area (Å²) in [5.41, 5.74) is 1.10. The van der Waals surface area contributed by atoms with Gasteiger partial charge in [0, 0.05) is 38.4 Å². The summed E-state index contributed by atoms with van der Waals surface area (Å²) in [6.07, 6.45) is 7.95. The summed E-state index contributed by atoms with van der Waals surface area (Å²) in [4.78, 5) is 24.8. The van der Waals surface area contributed by atoms with Crippen LogP contribution in [0.25, 0.3) is 0 Å². The van der Waals surface area contributed by atoms with Gasteiger partial charge in [0.1, 0.15) is 12.4 Å². The molecule has 1 amide bonds. The zero-order valence-electron chi connectivity index (χ0n) is 13.7. The molecule has 0 N–H and O–H groups in total. The first-order valence-corrected chi connectivity index (χ1v) is 8.14. The predicted octanol–water partition coefficient (Wildman–Crippen LogP) is 2.27. The van der Waals surface area contributed by atoms with E-state index in [-0.39, 0.29) is 17.6 Å². The van der Waals surface area contributed by atoms with Gasteiger partial charge in [0.05, 0.1) is 11.0 Å². The second-order valence-corrected chi connectivity index (χ2v) is 6.11. The van der Waals surface area contributed by atoms with Crippen molar-refractivity contribution in [1.82, 2.24) is 19.2 Å².